The summed E-state index contributed by atoms with van der Waals surface area (Å²) in [5.41, 5.74) is 0.789. The quantitative estimate of drug-likeness (QED) is 0.939. The maximum Gasteiger partial charge on any atom is 0.278 e. The topological polar surface area (TPSA) is 68.8 Å². The highest BCUT2D eigenvalue weighted by atomic mass is 16.5. The zero-order valence-corrected chi connectivity index (χ0v) is 12.2. The summed E-state index contributed by atoms with van der Waals surface area (Å²) in [7, 11) is 0. The van der Waals surface area contributed by atoms with Crippen molar-refractivity contribution in [2.75, 3.05) is 13.1 Å². The maximum atomic E-state index is 5.41. The number of nitrogens with one attached hydrogen (secondary N) is 1. The molecule has 0 amide bonds. The van der Waals surface area contributed by atoms with Crippen LogP contribution in [0.5, 0.6) is 0 Å². The van der Waals surface area contributed by atoms with E-state index in [9.17, 15) is 0 Å². The molecule has 0 bridgehead atoms. The van der Waals surface area contributed by atoms with Crippen molar-refractivity contribution in [3.05, 3.63) is 18.1 Å². The molecule has 1 N–H and O–H groups in total. The molecule has 1 saturated carbocycles. The Morgan fingerprint density at radius 1 is 1.19 bits per heavy atom. The fraction of sp³-hybridized carbons (Fsp3) is 0.667. The SMILES string of the molecule is c1cn(C2CCCNC2)nc1-c1nc(C2CCCC2)no1. The van der Waals surface area contributed by atoms with Crippen LogP contribution < -0.4 is 5.32 Å². The van der Waals surface area contributed by atoms with E-state index in [0.29, 0.717) is 17.9 Å². The molecule has 2 aromatic heterocycles. The van der Waals surface area contributed by atoms with Crippen LogP contribution in [0, 0.1) is 0 Å². The molecule has 1 saturated heterocycles. The molecule has 0 radical (unpaired) electrons. The third kappa shape index (κ3) is 2.60. The molecule has 2 fully saturated rings. The van der Waals surface area contributed by atoms with Crippen LogP contribution in [0.4, 0.5) is 0 Å². The molecule has 6 heteroatoms. The Kier molecular flexibility index (Phi) is 3.47. The monoisotopic (exact) mass is 287 g/mol. The van der Waals surface area contributed by atoms with Gasteiger partial charge in [-0.25, -0.2) is 0 Å². The normalized spacial score (nSPS) is 23.7. The van der Waals surface area contributed by atoms with Crippen molar-refractivity contribution in [1.82, 2.24) is 25.2 Å². The van der Waals surface area contributed by atoms with Crippen LogP contribution in [0.2, 0.25) is 0 Å². The fourth-order valence-electron chi connectivity index (χ4n) is 3.40. The van der Waals surface area contributed by atoms with Crippen LogP contribution in [0.25, 0.3) is 11.6 Å². The van der Waals surface area contributed by atoms with Gasteiger partial charge in [0, 0.05) is 18.7 Å². The smallest absolute Gasteiger partial charge is 0.278 e. The van der Waals surface area contributed by atoms with Crippen molar-refractivity contribution in [3.63, 3.8) is 0 Å². The van der Waals surface area contributed by atoms with Crippen LogP contribution in [0.15, 0.2) is 16.8 Å². The summed E-state index contributed by atoms with van der Waals surface area (Å²) >= 11 is 0. The lowest BCUT2D eigenvalue weighted by Gasteiger charge is -2.22. The van der Waals surface area contributed by atoms with Gasteiger partial charge in [0.2, 0.25) is 0 Å². The summed E-state index contributed by atoms with van der Waals surface area (Å²) < 4.78 is 7.44. The predicted molar refractivity (Wildman–Crippen MR) is 77.9 cm³/mol. The van der Waals surface area contributed by atoms with Gasteiger partial charge >= 0.3 is 0 Å². The first-order valence-electron chi connectivity index (χ1n) is 8.00. The second-order valence-electron chi connectivity index (χ2n) is 6.12. The van der Waals surface area contributed by atoms with Gasteiger partial charge in [0.25, 0.3) is 5.89 Å². The van der Waals surface area contributed by atoms with Gasteiger partial charge < -0.3 is 9.84 Å². The van der Waals surface area contributed by atoms with Gasteiger partial charge in [0.1, 0.15) is 0 Å². The molecule has 21 heavy (non-hydrogen) atoms. The predicted octanol–water partition coefficient (Wildman–Crippen LogP) is 2.52. The summed E-state index contributed by atoms with van der Waals surface area (Å²) in [5, 5.41) is 12.2. The van der Waals surface area contributed by atoms with Crippen molar-refractivity contribution in [2.24, 2.45) is 0 Å². The first-order valence-corrected chi connectivity index (χ1v) is 8.00. The largest absolute Gasteiger partial charge is 0.332 e. The van der Waals surface area contributed by atoms with Gasteiger partial charge in [-0.2, -0.15) is 10.1 Å². The fourth-order valence-corrected chi connectivity index (χ4v) is 3.40. The zero-order chi connectivity index (χ0) is 14.1. The van der Waals surface area contributed by atoms with E-state index < -0.39 is 0 Å². The second-order valence-corrected chi connectivity index (χ2v) is 6.12. The van der Waals surface area contributed by atoms with Crippen molar-refractivity contribution >= 4 is 0 Å². The molecule has 6 nitrogen and oxygen atoms in total. The van der Waals surface area contributed by atoms with Crippen LogP contribution in [0.3, 0.4) is 0 Å². The van der Waals surface area contributed by atoms with Gasteiger partial charge in [-0.3, -0.25) is 4.68 Å². The molecular weight excluding hydrogens is 266 g/mol. The Hall–Kier alpha value is -1.69. The summed E-state index contributed by atoms with van der Waals surface area (Å²) in [6.07, 6.45) is 9.31. The number of hydrogen-bond acceptors (Lipinski definition) is 5. The molecule has 1 unspecified atom stereocenters. The van der Waals surface area contributed by atoms with E-state index in [1.807, 2.05) is 16.9 Å². The summed E-state index contributed by atoms with van der Waals surface area (Å²) in [4.78, 5) is 4.55. The van der Waals surface area contributed by atoms with E-state index in [1.54, 1.807) is 0 Å². The first kappa shape index (κ1) is 13.0. The Morgan fingerprint density at radius 3 is 2.90 bits per heavy atom. The van der Waals surface area contributed by atoms with E-state index >= 15 is 0 Å². The Bertz CT molecular complexity index is 593. The molecule has 1 atom stereocenters. The van der Waals surface area contributed by atoms with E-state index in [0.717, 1.165) is 24.6 Å². The number of rotatable bonds is 3. The average molecular weight is 287 g/mol. The molecule has 0 aromatic carbocycles. The van der Waals surface area contributed by atoms with Crippen LogP contribution in [0.1, 0.15) is 56.3 Å². The van der Waals surface area contributed by atoms with Gasteiger partial charge in [0.15, 0.2) is 11.5 Å². The molecule has 1 aliphatic heterocycles. The zero-order valence-electron chi connectivity index (χ0n) is 12.2. The van der Waals surface area contributed by atoms with Crippen molar-refractivity contribution in [2.45, 2.75) is 50.5 Å². The van der Waals surface area contributed by atoms with Gasteiger partial charge in [0.05, 0.1) is 6.04 Å². The molecule has 3 heterocycles. The molecule has 112 valence electrons. The van der Waals surface area contributed by atoms with E-state index in [4.69, 9.17) is 4.52 Å². The number of piperidine rings is 1. The Balaban J connectivity index is 1.52. The van der Waals surface area contributed by atoms with Crippen molar-refractivity contribution in [1.29, 1.82) is 0 Å². The number of aromatic nitrogens is 4. The molecule has 0 spiro atoms. The highest BCUT2D eigenvalue weighted by Gasteiger charge is 2.24. The third-order valence-corrected chi connectivity index (χ3v) is 4.63. The minimum Gasteiger partial charge on any atom is -0.332 e. The Morgan fingerprint density at radius 2 is 2.10 bits per heavy atom. The second kappa shape index (κ2) is 5.60. The lowest BCUT2D eigenvalue weighted by molar-refractivity contribution is 0.346. The summed E-state index contributed by atoms with van der Waals surface area (Å²) in [6, 6.07) is 2.41. The van der Waals surface area contributed by atoms with Crippen molar-refractivity contribution in [3.8, 4) is 11.6 Å². The third-order valence-electron chi connectivity index (χ3n) is 4.63. The first-order chi connectivity index (χ1) is 10.4. The molecule has 4 rings (SSSR count). The molecule has 2 aromatic rings. The van der Waals surface area contributed by atoms with Crippen LogP contribution in [-0.2, 0) is 0 Å². The minimum atomic E-state index is 0.435. The lowest BCUT2D eigenvalue weighted by Crippen LogP contribution is -2.31. The van der Waals surface area contributed by atoms with Gasteiger partial charge in [-0.05, 0) is 38.3 Å². The highest BCUT2D eigenvalue weighted by molar-refractivity contribution is 5.45. The summed E-state index contributed by atoms with van der Waals surface area (Å²) in [6.45, 7) is 2.09. The van der Waals surface area contributed by atoms with Crippen LogP contribution in [-0.4, -0.2) is 33.0 Å². The maximum absolute atomic E-state index is 5.41. The van der Waals surface area contributed by atoms with E-state index in [1.165, 1.54) is 38.5 Å². The van der Waals surface area contributed by atoms with E-state index in [-0.39, 0.29) is 0 Å². The molecular formula is C15H21N5O. The minimum absolute atomic E-state index is 0.435. The highest BCUT2D eigenvalue weighted by Crippen LogP contribution is 2.33. The van der Waals surface area contributed by atoms with Gasteiger partial charge in [-0.1, -0.05) is 18.0 Å². The molecule has 1 aliphatic carbocycles. The number of hydrogen-bond donors (Lipinski definition) is 1. The molecule has 2 aliphatic rings. The van der Waals surface area contributed by atoms with Gasteiger partial charge in [-0.15, -0.1) is 0 Å². The lowest BCUT2D eigenvalue weighted by atomic mass is 10.1. The average Bonchev–Trinajstić information content (AvgIpc) is 3.27. The van der Waals surface area contributed by atoms with Crippen molar-refractivity contribution < 1.29 is 4.52 Å². The standard InChI is InChI=1S/C15H21N5O/c1-2-5-11(4-1)14-17-15(21-19-14)13-7-9-20(18-13)12-6-3-8-16-10-12/h7,9,11-12,16H,1-6,8,10H2. The number of nitrogens with zero attached hydrogens (tertiary/aromatic N) is 4. The Labute approximate surface area is 123 Å². The summed E-state index contributed by atoms with van der Waals surface area (Å²) in [5.74, 6) is 1.89. The van der Waals surface area contributed by atoms with Crippen LogP contribution >= 0.6 is 0 Å². The van der Waals surface area contributed by atoms with E-state index in [2.05, 4.69) is 20.6 Å².